The molecule has 3 aliphatic heterocycles. The summed E-state index contributed by atoms with van der Waals surface area (Å²) in [6.07, 6.45) is 2.25. The molecule has 3 saturated heterocycles. The maximum absolute atomic E-state index is 13.5. The van der Waals surface area contributed by atoms with Crippen molar-refractivity contribution < 1.29 is 18.8 Å². The molecule has 3 aliphatic rings. The van der Waals surface area contributed by atoms with Gasteiger partial charge in [0.15, 0.2) is 0 Å². The SMILES string of the molecule is CCN1CC[C@@]2(CN(C(=O)N(C)C)CC23CCN(C(=O)c2cc(C)oc2C)CC3)C1=O. The van der Waals surface area contributed by atoms with Crippen molar-refractivity contribution in [1.29, 1.82) is 0 Å². The zero-order valence-corrected chi connectivity index (χ0v) is 19.4. The number of carbonyl (C=O) groups is 3. The normalized spacial score (nSPS) is 25.2. The summed E-state index contributed by atoms with van der Waals surface area (Å²) in [6.45, 7) is 9.36. The fourth-order valence-electron chi connectivity index (χ4n) is 6.05. The topological polar surface area (TPSA) is 77.3 Å². The second-order valence-corrected chi connectivity index (χ2v) is 9.65. The fourth-order valence-corrected chi connectivity index (χ4v) is 6.05. The highest BCUT2D eigenvalue weighted by Gasteiger charge is 2.66. The number of likely N-dealkylation sites (tertiary alicyclic amines) is 3. The van der Waals surface area contributed by atoms with Crippen molar-refractivity contribution in [2.24, 2.45) is 10.8 Å². The minimum atomic E-state index is -0.536. The third-order valence-electron chi connectivity index (χ3n) is 7.79. The molecular weight excluding hydrogens is 396 g/mol. The molecule has 0 bridgehead atoms. The molecule has 3 fully saturated rings. The quantitative estimate of drug-likeness (QED) is 0.722. The number of nitrogens with zero attached hydrogens (tertiary/aromatic N) is 4. The van der Waals surface area contributed by atoms with Gasteiger partial charge in [-0.2, -0.15) is 0 Å². The van der Waals surface area contributed by atoms with Gasteiger partial charge in [-0.1, -0.05) is 0 Å². The van der Waals surface area contributed by atoms with E-state index in [1.54, 1.807) is 25.1 Å². The van der Waals surface area contributed by atoms with E-state index in [-0.39, 0.29) is 23.3 Å². The molecule has 0 N–H and O–H groups in total. The smallest absolute Gasteiger partial charge is 0.319 e. The lowest BCUT2D eigenvalue weighted by atomic mass is 9.60. The predicted octanol–water partition coefficient (Wildman–Crippen LogP) is 2.35. The molecular formula is C23H34N4O4. The molecule has 0 radical (unpaired) electrons. The molecule has 1 atom stereocenters. The zero-order valence-electron chi connectivity index (χ0n) is 19.4. The first-order chi connectivity index (χ1) is 14.6. The Morgan fingerprint density at radius 2 is 1.74 bits per heavy atom. The monoisotopic (exact) mass is 430 g/mol. The van der Waals surface area contributed by atoms with Crippen molar-refractivity contribution in [2.75, 3.05) is 53.4 Å². The van der Waals surface area contributed by atoms with Gasteiger partial charge in [0.1, 0.15) is 11.5 Å². The van der Waals surface area contributed by atoms with E-state index in [2.05, 4.69) is 0 Å². The average Bonchev–Trinajstić information content (AvgIpc) is 3.36. The molecule has 8 nitrogen and oxygen atoms in total. The lowest BCUT2D eigenvalue weighted by Gasteiger charge is -2.46. The van der Waals surface area contributed by atoms with Crippen LogP contribution in [0.1, 0.15) is 48.1 Å². The molecule has 0 aromatic carbocycles. The highest BCUT2D eigenvalue weighted by atomic mass is 16.3. The Bertz CT molecular complexity index is 899. The summed E-state index contributed by atoms with van der Waals surface area (Å²) >= 11 is 0. The number of hydrogen-bond donors (Lipinski definition) is 0. The van der Waals surface area contributed by atoms with Crippen LogP contribution in [0.2, 0.25) is 0 Å². The van der Waals surface area contributed by atoms with Crippen LogP contribution in [0.3, 0.4) is 0 Å². The van der Waals surface area contributed by atoms with Crippen LogP contribution in [0.25, 0.3) is 0 Å². The molecule has 4 amide bonds. The summed E-state index contributed by atoms with van der Waals surface area (Å²) in [5, 5.41) is 0. The zero-order chi connectivity index (χ0) is 22.6. The maximum Gasteiger partial charge on any atom is 0.319 e. The van der Waals surface area contributed by atoms with Crippen LogP contribution in [0.15, 0.2) is 10.5 Å². The molecule has 4 heterocycles. The van der Waals surface area contributed by atoms with Gasteiger partial charge in [0, 0.05) is 58.8 Å². The van der Waals surface area contributed by atoms with Gasteiger partial charge >= 0.3 is 6.03 Å². The Labute approximate surface area is 184 Å². The van der Waals surface area contributed by atoms with E-state index in [9.17, 15) is 14.4 Å². The van der Waals surface area contributed by atoms with Gasteiger partial charge < -0.3 is 24.0 Å². The summed E-state index contributed by atoms with van der Waals surface area (Å²) in [4.78, 5) is 46.7. The Morgan fingerprint density at radius 3 is 2.26 bits per heavy atom. The highest BCUT2D eigenvalue weighted by Crippen LogP contribution is 2.58. The number of urea groups is 1. The molecule has 0 saturated carbocycles. The first-order valence-electron chi connectivity index (χ1n) is 11.3. The van der Waals surface area contributed by atoms with Gasteiger partial charge in [0.2, 0.25) is 5.91 Å². The van der Waals surface area contributed by atoms with Gasteiger partial charge in [-0.3, -0.25) is 9.59 Å². The number of aryl methyl sites for hydroxylation is 2. The van der Waals surface area contributed by atoms with Crippen molar-refractivity contribution in [2.45, 2.75) is 40.0 Å². The number of piperidine rings is 1. The van der Waals surface area contributed by atoms with Crippen LogP contribution in [0, 0.1) is 24.7 Å². The van der Waals surface area contributed by atoms with Crippen molar-refractivity contribution in [3.8, 4) is 0 Å². The summed E-state index contributed by atoms with van der Waals surface area (Å²) in [5.41, 5.74) is -0.197. The van der Waals surface area contributed by atoms with Gasteiger partial charge in [-0.25, -0.2) is 4.79 Å². The number of hydrogen-bond acceptors (Lipinski definition) is 4. The van der Waals surface area contributed by atoms with E-state index in [0.29, 0.717) is 44.0 Å². The molecule has 2 spiro atoms. The summed E-state index contributed by atoms with van der Waals surface area (Å²) in [5.74, 6) is 1.56. The average molecular weight is 431 g/mol. The van der Waals surface area contributed by atoms with E-state index >= 15 is 0 Å². The number of rotatable bonds is 2. The Morgan fingerprint density at radius 1 is 1.06 bits per heavy atom. The number of carbonyl (C=O) groups excluding carboxylic acids is 3. The molecule has 0 aliphatic carbocycles. The largest absolute Gasteiger partial charge is 0.466 e. The minimum Gasteiger partial charge on any atom is -0.466 e. The maximum atomic E-state index is 13.5. The Balaban J connectivity index is 1.59. The molecule has 31 heavy (non-hydrogen) atoms. The number of amides is 4. The minimum absolute atomic E-state index is 0.00889. The molecule has 4 rings (SSSR count). The second-order valence-electron chi connectivity index (χ2n) is 9.65. The van der Waals surface area contributed by atoms with E-state index in [1.165, 1.54) is 0 Å². The Hall–Kier alpha value is -2.51. The predicted molar refractivity (Wildman–Crippen MR) is 116 cm³/mol. The number of fused-ring (bicyclic) bond motifs is 1. The van der Waals surface area contributed by atoms with Gasteiger partial charge in [0.05, 0.1) is 11.0 Å². The summed E-state index contributed by atoms with van der Waals surface area (Å²) in [6, 6.07) is 1.76. The van der Waals surface area contributed by atoms with Crippen LogP contribution in [0.4, 0.5) is 4.79 Å². The van der Waals surface area contributed by atoms with Crippen molar-refractivity contribution in [3.05, 3.63) is 23.2 Å². The standard InChI is InChI=1S/C23H34N4O4/c1-6-25-12-9-23(20(25)29)15-27(21(30)24(4)5)14-22(23)7-10-26(11-8-22)19(28)18-13-16(2)31-17(18)3/h13H,6-12,14-15H2,1-5H3/t23-/m1/s1. The fraction of sp³-hybridized carbons (Fsp3) is 0.696. The third kappa shape index (κ3) is 3.22. The lowest BCUT2D eigenvalue weighted by Crippen LogP contribution is -2.53. The highest BCUT2D eigenvalue weighted by molar-refractivity contribution is 5.95. The van der Waals surface area contributed by atoms with Crippen molar-refractivity contribution in [3.63, 3.8) is 0 Å². The number of furan rings is 1. The van der Waals surface area contributed by atoms with Gasteiger partial charge in [0.25, 0.3) is 5.91 Å². The first-order valence-corrected chi connectivity index (χ1v) is 11.3. The van der Waals surface area contributed by atoms with Crippen LogP contribution in [-0.2, 0) is 4.79 Å². The van der Waals surface area contributed by atoms with Crippen LogP contribution in [0.5, 0.6) is 0 Å². The summed E-state index contributed by atoms with van der Waals surface area (Å²) < 4.78 is 5.55. The second kappa shape index (κ2) is 7.57. The molecule has 8 heteroatoms. The van der Waals surface area contributed by atoms with Gasteiger partial charge in [-0.05, 0) is 46.1 Å². The van der Waals surface area contributed by atoms with Gasteiger partial charge in [-0.15, -0.1) is 0 Å². The van der Waals surface area contributed by atoms with E-state index in [4.69, 9.17) is 4.42 Å². The molecule has 0 unspecified atom stereocenters. The van der Waals surface area contributed by atoms with E-state index < -0.39 is 5.41 Å². The van der Waals surface area contributed by atoms with Crippen molar-refractivity contribution in [1.82, 2.24) is 19.6 Å². The van der Waals surface area contributed by atoms with Crippen molar-refractivity contribution >= 4 is 17.8 Å². The molecule has 170 valence electrons. The first kappa shape index (κ1) is 21.7. The lowest BCUT2D eigenvalue weighted by molar-refractivity contribution is -0.141. The third-order valence-corrected chi connectivity index (χ3v) is 7.79. The van der Waals surface area contributed by atoms with Crippen LogP contribution in [-0.4, -0.2) is 90.8 Å². The molecule has 1 aromatic rings. The van der Waals surface area contributed by atoms with E-state index in [0.717, 1.165) is 31.6 Å². The van der Waals surface area contributed by atoms with Crippen LogP contribution >= 0.6 is 0 Å². The van der Waals surface area contributed by atoms with E-state index in [1.807, 2.05) is 35.5 Å². The molecule has 1 aromatic heterocycles. The Kier molecular flexibility index (Phi) is 5.30. The summed E-state index contributed by atoms with van der Waals surface area (Å²) in [7, 11) is 3.51. The van der Waals surface area contributed by atoms with Crippen LogP contribution < -0.4 is 0 Å².